The van der Waals surface area contributed by atoms with Crippen molar-refractivity contribution in [3.63, 3.8) is 0 Å². The number of aliphatic hydroxyl groups is 1. The van der Waals surface area contributed by atoms with Crippen molar-refractivity contribution in [1.82, 2.24) is 5.32 Å². The van der Waals surface area contributed by atoms with Crippen LogP contribution < -0.4 is 5.32 Å². The number of hydrogen-bond donors (Lipinski definition) is 2. The van der Waals surface area contributed by atoms with Crippen LogP contribution in [0.15, 0.2) is 0 Å². The first-order valence-corrected chi connectivity index (χ1v) is 9.41. The highest BCUT2D eigenvalue weighted by Crippen LogP contribution is 2.40. The Kier molecular flexibility index (Phi) is 6.55. The Morgan fingerprint density at radius 2 is 1.57 bits per heavy atom. The van der Waals surface area contributed by atoms with Gasteiger partial charge in [-0.15, -0.1) is 0 Å². The molecule has 21 heavy (non-hydrogen) atoms. The predicted molar refractivity (Wildman–Crippen MR) is 90.4 cm³/mol. The van der Waals surface area contributed by atoms with Gasteiger partial charge in [-0.25, -0.2) is 0 Å². The second-order valence-corrected chi connectivity index (χ2v) is 8.29. The minimum absolute atomic E-state index is 0.393. The zero-order valence-corrected chi connectivity index (χ0v) is 14.5. The van der Waals surface area contributed by atoms with Crippen LogP contribution in [0.25, 0.3) is 0 Å². The quantitative estimate of drug-likeness (QED) is 0.762. The fourth-order valence-electron chi connectivity index (χ4n) is 4.48. The average molecular weight is 296 g/mol. The Hall–Kier alpha value is -0.0800. The highest BCUT2D eigenvalue weighted by atomic mass is 16.3. The van der Waals surface area contributed by atoms with Gasteiger partial charge in [-0.05, 0) is 68.2 Å². The van der Waals surface area contributed by atoms with E-state index in [1.54, 1.807) is 0 Å². The maximum Gasteiger partial charge on any atom is 0.0462 e. The molecule has 124 valence electrons. The van der Waals surface area contributed by atoms with Crippen LogP contribution >= 0.6 is 0 Å². The van der Waals surface area contributed by atoms with Crippen molar-refractivity contribution in [2.45, 2.75) is 84.6 Å². The highest BCUT2D eigenvalue weighted by molar-refractivity contribution is 4.86. The molecule has 2 nitrogen and oxygen atoms in total. The molecule has 2 saturated carbocycles. The number of rotatable bonds is 6. The third-order valence-corrected chi connectivity index (χ3v) is 6.71. The molecule has 0 amide bonds. The summed E-state index contributed by atoms with van der Waals surface area (Å²) >= 11 is 0. The van der Waals surface area contributed by atoms with Crippen molar-refractivity contribution in [3.05, 3.63) is 0 Å². The summed E-state index contributed by atoms with van der Waals surface area (Å²) in [4.78, 5) is 0. The van der Waals surface area contributed by atoms with Gasteiger partial charge in [0.05, 0.1) is 0 Å². The number of aliphatic hydroxyl groups excluding tert-OH is 1. The maximum atomic E-state index is 9.52. The van der Waals surface area contributed by atoms with E-state index in [-0.39, 0.29) is 0 Å². The van der Waals surface area contributed by atoms with E-state index < -0.39 is 0 Å². The molecule has 0 aliphatic heterocycles. The zero-order valence-electron chi connectivity index (χ0n) is 14.5. The molecule has 2 aliphatic carbocycles. The predicted octanol–water partition coefficient (Wildman–Crippen LogP) is 4.37. The number of nitrogens with one attached hydrogen (secondary N) is 1. The Labute approximate surface area is 132 Å². The summed E-state index contributed by atoms with van der Waals surface area (Å²) in [7, 11) is 0. The van der Waals surface area contributed by atoms with E-state index in [0.29, 0.717) is 23.9 Å². The molecule has 2 heteroatoms. The van der Waals surface area contributed by atoms with E-state index in [0.717, 1.165) is 18.5 Å². The zero-order chi connectivity index (χ0) is 15.3. The van der Waals surface area contributed by atoms with Crippen molar-refractivity contribution in [2.75, 3.05) is 13.2 Å². The molecule has 0 aromatic carbocycles. The Morgan fingerprint density at radius 1 is 0.952 bits per heavy atom. The van der Waals surface area contributed by atoms with E-state index in [1.807, 2.05) is 0 Å². The van der Waals surface area contributed by atoms with Crippen LogP contribution in [0.4, 0.5) is 0 Å². The van der Waals surface area contributed by atoms with Crippen molar-refractivity contribution >= 4 is 0 Å². The van der Waals surface area contributed by atoms with Crippen molar-refractivity contribution < 1.29 is 5.11 Å². The van der Waals surface area contributed by atoms with Crippen LogP contribution in [0, 0.1) is 23.2 Å². The molecule has 0 saturated heterocycles. The largest absolute Gasteiger partial charge is 0.396 e. The Morgan fingerprint density at radius 3 is 2.14 bits per heavy atom. The normalized spacial score (nSPS) is 34.9. The third-order valence-electron chi connectivity index (χ3n) is 6.71. The second kappa shape index (κ2) is 7.97. The fourth-order valence-corrected chi connectivity index (χ4v) is 4.48. The summed E-state index contributed by atoms with van der Waals surface area (Å²) in [6.07, 6.45) is 12.0. The average Bonchev–Trinajstić information content (AvgIpc) is 2.53. The summed E-state index contributed by atoms with van der Waals surface area (Å²) in [5.41, 5.74) is 0.524. The van der Waals surface area contributed by atoms with Crippen LogP contribution in [-0.2, 0) is 0 Å². The lowest BCUT2D eigenvalue weighted by molar-refractivity contribution is 0.116. The van der Waals surface area contributed by atoms with E-state index >= 15 is 0 Å². The molecular weight excluding hydrogens is 258 g/mol. The first-order chi connectivity index (χ1) is 10.1. The molecule has 0 bridgehead atoms. The molecule has 2 unspecified atom stereocenters. The molecule has 0 heterocycles. The van der Waals surface area contributed by atoms with Crippen LogP contribution in [0.5, 0.6) is 0 Å². The molecule has 2 fully saturated rings. The van der Waals surface area contributed by atoms with Gasteiger partial charge in [-0.2, -0.15) is 0 Å². The van der Waals surface area contributed by atoms with Crippen molar-refractivity contribution in [2.24, 2.45) is 23.2 Å². The first-order valence-electron chi connectivity index (χ1n) is 9.41. The summed E-state index contributed by atoms with van der Waals surface area (Å²) in [5, 5.41) is 13.4. The lowest BCUT2D eigenvalue weighted by Gasteiger charge is -2.40. The number of hydrogen-bond acceptors (Lipinski definition) is 2. The molecule has 0 aromatic heterocycles. The smallest absolute Gasteiger partial charge is 0.0462 e. The van der Waals surface area contributed by atoms with Crippen LogP contribution in [0.3, 0.4) is 0 Å². The third kappa shape index (κ3) is 4.69. The Bertz CT molecular complexity index is 294. The molecule has 2 N–H and O–H groups in total. The van der Waals surface area contributed by atoms with E-state index in [2.05, 4.69) is 26.1 Å². The van der Waals surface area contributed by atoms with Gasteiger partial charge >= 0.3 is 0 Å². The molecule has 0 radical (unpaired) electrons. The molecule has 2 atom stereocenters. The van der Waals surface area contributed by atoms with Crippen molar-refractivity contribution in [3.8, 4) is 0 Å². The van der Waals surface area contributed by atoms with Gasteiger partial charge in [0.15, 0.2) is 0 Å². The standard InChI is InChI=1S/C19H37NO/c1-4-19(2,3)17-9-11-18(12-10-17)20-13-15-7-5-6-8-16(15)14-21/h15-18,20-21H,4-14H2,1-3H3. The van der Waals surface area contributed by atoms with Crippen LogP contribution in [0.1, 0.15) is 78.6 Å². The lowest BCUT2D eigenvalue weighted by atomic mass is 9.69. The maximum absolute atomic E-state index is 9.52. The van der Waals surface area contributed by atoms with Crippen molar-refractivity contribution in [1.29, 1.82) is 0 Å². The van der Waals surface area contributed by atoms with Gasteiger partial charge < -0.3 is 10.4 Å². The molecule has 0 aromatic rings. The summed E-state index contributed by atoms with van der Waals surface area (Å²) in [6, 6.07) is 0.732. The van der Waals surface area contributed by atoms with E-state index in [4.69, 9.17) is 0 Å². The Balaban J connectivity index is 1.71. The minimum Gasteiger partial charge on any atom is -0.396 e. The van der Waals surface area contributed by atoms with Gasteiger partial charge in [0.2, 0.25) is 0 Å². The SMILES string of the molecule is CCC(C)(C)C1CCC(NCC2CCCCC2CO)CC1. The van der Waals surface area contributed by atoms with Crippen LogP contribution in [0.2, 0.25) is 0 Å². The van der Waals surface area contributed by atoms with Gasteiger partial charge in [-0.1, -0.05) is 40.0 Å². The van der Waals surface area contributed by atoms with E-state index in [9.17, 15) is 5.11 Å². The summed E-state index contributed by atoms with van der Waals surface area (Å²) in [6.45, 7) is 8.75. The molecule has 0 spiro atoms. The van der Waals surface area contributed by atoms with Gasteiger partial charge in [-0.3, -0.25) is 0 Å². The lowest BCUT2D eigenvalue weighted by Crippen LogP contribution is -2.41. The molecule has 2 rings (SSSR count). The van der Waals surface area contributed by atoms with Gasteiger partial charge in [0.25, 0.3) is 0 Å². The molecular formula is C19H37NO. The minimum atomic E-state index is 0.393. The van der Waals surface area contributed by atoms with Gasteiger partial charge in [0, 0.05) is 12.6 Å². The summed E-state index contributed by atoms with van der Waals surface area (Å²) < 4.78 is 0. The fraction of sp³-hybridized carbons (Fsp3) is 1.00. The topological polar surface area (TPSA) is 32.3 Å². The van der Waals surface area contributed by atoms with E-state index in [1.165, 1.54) is 57.8 Å². The highest BCUT2D eigenvalue weighted by Gasteiger charge is 2.32. The first kappa shape index (κ1) is 17.3. The monoisotopic (exact) mass is 295 g/mol. The second-order valence-electron chi connectivity index (χ2n) is 8.29. The summed E-state index contributed by atoms with van der Waals surface area (Å²) in [5.74, 6) is 2.19. The molecule has 2 aliphatic rings. The van der Waals surface area contributed by atoms with Gasteiger partial charge in [0.1, 0.15) is 0 Å². The van der Waals surface area contributed by atoms with Crippen LogP contribution in [-0.4, -0.2) is 24.3 Å².